The van der Waals surface area contributed by atoms with E-state index in [2.05, 4.69) is 13.8 Å². The summed E-state index contributed by atoms with van der Waals surface area (Å²) in [7, 11) is 0. The van der Waals surface area contributed by atoms with Crippen molar-refractivity contribution in [2.75, 3.05) is 13.2 Å². The van der Waals surface area contributed by atoms with E-state index in [1.54, 1.807) is 0 Å². The van der Waals surface area contributed by atoms with Crippen molar-refractivity contribution >= 4 is 0 Å². The summed E-state index contributed by atoms with van der Waals surface area (Å²) in [5, 5.41) is 0. The predicted octanol–water partition coefficient (Wildman–Crippen LogP) is -1.90. The Labute approximate surface area is 138 Å². The Morgan fingerprint density at radius 2 is 1.06 bits per heavy atom. The normalized spacial score (nSPS) is 9.06. The summed E-state index contributed by atoms with van der Waals surface area (Å²) in [5.41, 5.74) is 0. The third-order valence-corrected chi connectivity index (χ3v) is 3.32. The molecule has 0 radical (unpaired) electrons. The molecule has 104 valence electrons. The van der Waals surface area contributed by atoms with Crippen LogP contribution in [0.15, 0.2) is 0 Å². The van der Waals surface area contributed by atoms with Gasteiger partial charge in [0.25, 0.3) is 0 Å². The van der Waals surface area contributed by atoms with E-state index in [0.717, 1.165) is 13.2 Å². The van der Waals surface area contributed by atoms with Gasteiger partial charge in [0.2, 0.25) is 0 Å². The first kappa shape index (κ1) is 23.7. The molecule has 0 aliphatic rings. The van der Waals surface area contributed by atoms with Crippen LogP contribution in [0.5, 0.6) is 0 Å². The number of hydrogen-bond donors (Lipinski definition) is 0. The molecule has 17 heavy (non-hydrogen) atoms. The van der Waals surface area contributed by atoms with Crippen molar-refractivity contribution < 1.29 is 60.5 Å². The van der Waals surface area contributed by atoms with Crippen LogP contribution in [0.1, 0.15) is 65.2 Å². The Bertz CT molecular complexity index is 107. The summed E-state index contributed by atoms with van der Waals surface area (Å²) >= 11 is -0.543. The van der Waals surface area contributed by atoms with Crippen molar-refractivity contribution in [3.05, 3.63) is 0 Å². The van der Waals surface area contributed by atoms with Gasteiger partial charge < -0.3 is 34.0 Å². The summed E-state index contributed by atoms with van der Waals surface area (Å²) in [4.78, 5) is 0. The molecule has 0 saturated heterocycles. The van der Waals surface area contributed by atoms with Crippen molar-refractivity contribution in [3.63, 3.8) is 0 Å². The molecule has 0 aliphatic carbocycles. The van der Waals surface area contributed by atoms with Gasteiger partial charge in [-0.1, -0.05) is 0 Å². The Kier molecular flexibility index (Phi) is 31.7. The minimum Gasteiger partial charge on any atom is -1.00 e. The van der Waals surface area contributed by atoms with Gasteiger partial charge in [-0.3, -0.25) is 0 Å². The molecule has 0 unspecified atom stereocenters. The van der Waals surface area contributed by atoms with Gasteiger partial charge >= 0.3 is 105 Å². The van der Waals surface area contributed by atoms with Crippen LogP contribution in [0.2, 0.25) is 0 Å². The van der Waals surface area contributed by atoms with Crippen molar-refractivity contribution in [1.82, 2.24) is 0 Å². The third kappa shape index (κ3) is 23.2. The molecule has 0 heterocycles. The summed E-state index contributed by atoms with van der Waals surface area (Å²) in [6, 6.07) is 0. The summed E-state index contributed by atoms with van der Waals surface area (Å²) in [5.74, 6) is 0. The Hall–Kier alpha value is 1.59. The van der Waals surface area contributed by atoms with E-state index in [-0.39, 0.29) is 34.0 Å². The zero-order valence-electron chi connectivity index (χ0n) is 11.1. The Balaban J connectivity index is -0.000000980. The molecule has 0 aliphatic heterocycles. The average molecular weight is 410 g/mol. The van der Waals surface area contributed by atoms with Crippen LogP contribution in [0.25, 0.3) is 0 Å². The second kappa shape index (κ2) is 22.7. The number of unbranched alkanes of at least 4 members (excludes halogenated alkanes) is 6. The summed E-state index contributed by atoms with van der Waals surface area (Å²) < 4.78 is 11.0. The van der Waals surface area contributed by atoms with Gasteiger partial charge in [-0.2, -0.15) is 0 Å². The van der Waals surface area contributed by atoms with E-state index in [1.807, 2.05) is 0 Å². The smallest absolute Gasteiger partial charge is 1.00 e. The Morgan fingerprint density at radius 3 is 1.41 bits per heavy atom. The number of rotatable bonds is 12. The first-order valence-corrected chi connectivity index (χ1v) is 7.67. The maximum Gasteiger partial charge on any atom is -1.00 e. The molecule has 0 rings (SSSR count). The summed E-state index contributed by atoms with van der Waals surface area (Å²) in [6.07, 6.45) is 10.3. The first-order valence-electron chi connectivity index (χ1n) is 6.40. The van der Waals surface area contributed by atoms with E-state index >= 15 is 0 Å². The minimum absolute atomic E-state index is 0. The third-order valence-electron chi connectivity index (χ3n) is 2.32. The standard InChI is InChI=1S/2C6H13O.2BrH.Ti/c2*1-2-3-4-5-6-7;;;/h2*2-6H2,1H3;2*1H;/q2*-1;;;+4/p-2. The molecular weight excluding hydrogens is 384 g/mol. The molecule has 0 amide bonds. The molecule has 0 spiro atoms. The molecule has 0 saturated carbocycles. The maximum absolute atomic E-state index is 5.49. The van der Waals surface area contributed by atoms with E-state index in [4.69, 9.17) is 6.64 Å². The molecule has 0 atom stereocenters. The van der Waals surface area contributed by atoms with Gasteiger partial charge in [-0.15, -0.1) is 0 Å². The monoisotopic (exact) mass is 408 g/mol. The van der Waals surface area contributed by atoms with Gasteiger partial charge in [-0.25, -0.2) is 0 Å². The van der Waals surface area contributed by atoms with Crippen LogP contribution < -0.4 is 34.0 Å². The molecule has 5 heteroatoms. The van der Waals surface area contributed by atoms with Crippen molar-refractivity contribution in [1.29, 1.82) is 0 Å². The van der Waals surface area contributed by atoms with Crippen molar-refractivity contribution in [2.24, 2.45) is 0 Å². The van der Waals surface area contributed by atoms with Crippen LogP contribution in [-0.2, 0) is 26.6 Å². The van der Waals surface area contributed by atoms with Crippen LogP contribution in [-0.4, -0.2) is 13.2 Å². The van der Waals surface area contributed by atoms with Crippen molar-refractivity contribution in [3.8, 4) is 0 Å². The molecule has 0 fully saturated rings. The molecule has 0 bridgehead atoms. The fourth-order valence-corrected chi connectivity index (χ4v) is 2.17. The number of halogens is 2. The summed E-state index contributed by atoms with van der Waals surface area (Å²) in [6.45, 7) is 6.28. The molecule has 0 aromatic rings. The van der Waals surface area contributed by atoms with Gasteiger partial charge in [0.1, 0.15) is 0 Å². The zero-order chi connectivity index (χ0) is 11.2. The van der Waals surface area contributed by atoms with Crippen LogP contribution in [0.3, 0.4) is 0 Å². The largest absolute Gasteiger partial charge is 1.00 e. The van der Waals surface area contributed by atoms with Gasteiger partial charge in [0.15, 0.2) is 0 Å². The average Bonchev–Trinajstić information content (AvgIpc) is 2.26. The quantitative estimate of drug-likeness (QED) is 0.277. The van der Waals surface area contributed by atoms with Gasteiger partial charge in [-0.05, 0) is 0 Å². The SMILES string of the molecule is CCCCCC[O][Ti+2][O]CCCCCC.[Br-].[Br-]. The molecule has 0 aromatic heterocycles. The van der Waals surface area contributed by atoms with Crippen molar-refractivity contribution in [2.45, 2.75) is 65.2 Å². The van der Waals surface area contributed by atoms with Crippen LogP contribution in [0, 0.1) is 0 Å². The zero-order valence-corrected chi connectivity index (χ0v) is 15.9. The van der Waals surface area contributed by atoms with Crippen LogP contribution in [0.4, 0.5) is 0 Å². The maximum atomic E-state index is 5.49. The molecule has 0 aromatic carbocycles. The first-order chi connectivity index (χ1) is 7.41. The van der Waals surface area contributed by atoms with E-state index < -0.39 is 19.9 Å². The molecular formula is C12H26Br2O2Ti. The Morgan fingerprint density at radius 1 is 0.647 bits per heavy atom. The number of hydrogen-bond acceptors (Lipinski definition) is 2. The van der Waals surface area contributed by atoms with E-state index in [0.29, 0.717) is 0 Å². The second-order valence-corrected chi connectivity index (χ2v) is 5.06. The van der Waals surface area contributed by atoms with Gasteiger partial charge in [0, 0.05) is 0 Å². The predicted molar refractivity (Wildman–Crippen MR) is 60.2 cm³/mol. The topological polar surface area (TPSA) is 18.5 Å². The second-order valence-electron chi connectivity index (χ2n) is 3.90. The minimum atomic E-state index is -0.543. The molecule has 0 N–H and O–H groups in total. The van der Waals surface area contributed by atoms with E-state index in [9.17, 15) is 0 Å². The van der Waals surface area contributed by atoms with Gasteiger partial charge in [0.05, 0.1) is 0 Å². The fraction of sp³-hybridized carbons (Fsp3) is 1.00. The van der Waals surface area contributed by atoms with Crippen LogP contribution >= 0.6 is 0 Å². The molecule has 2 nitrogen and oxygen atoms in total. The fourth-order valence-electron chi connectivity index (χ4n) is 1.33. The van der Waals surface area contributed by atoms with E-state index in [1.165, 1.54) is 51.4 Å².